The summed E-state index contributed by atoms with van der Waals surface area (Å²) in [6.45, 7) is 10.5. The fraction of sp³-hybridized carbons (Fsp3) is 1.00. The van der Waals surface area contributed by atoms with Gasteiger partial charge in [-0.25, -0.2) is 0 Å². The minimum atomic E-state index is 0.223. The summed E-state index contributed by atoms with van der Waals surface area (Å²) < 4.78 is 0. The molecule has 2 N–H and O–H groups in total. The van der Waals surface area contributed by atoms with Crippen molar-refractivity contribution in [1.29, 1.82) is 0 Å². The van der Waals surface area contributed by atoms with Crippen LogP contribution >= 0.6 is 0 Å². The Morgan fingerprint density at radius 2 is 1.88 bits per heavy atom. The lowest BCUT2D eigenvalue weighted by Gasteiger charge is -2.35. The van der Waals surface area contributed by atoms with Gasteiger partial charge >= 0.3 is 0 Å². The van der Waals surface area contributed by atoms with E-state index in [-0.39, 0.29) is 5.41 Å². The zero-order valence-electron chi connectivity index (χ0n) is 11.4. The second-order valence-corrected chi connectivity index (χ2v) is 6.48. The van der Waals surface area contributed by atoms with Crippen LogP contribution in [0.3, 0.4) is 0 Å². The van der Waals surface area contributed by atoms with E-state index in [0.29, 0.717) is 12.6 Å². The highest BCUT2D eigenvalue weighted by molar-refractivity contribution is 4.82. The summed E-state index contributed by atoms with van der Waals surface area (Å²) in [6, 6.07) is 0.698. The van der Waals surface area contributed by atoms with Crippen molar-refractivity contribution in [1.82, 2.24) is 5.32 Å². The predicted octanol–water partition coefficient (Wildman–Crippen LogP) is 2.81. The van der Waals surface area contributed by atoms with E-state index in [9.17, 15) is 0 Å². The zero-order chi connectivity index (χ0) is 12.2. The topological polar surface area (TPSA) is 32.3 Å². The van der Waals surface area contributed by atoms with Gasteiger partial charge in [0.15, 0.2) is 0 Å². The highest BCUT2D eigenvalue weighted by Crippen LogP contribution is 2.30. The molecule has 96 valence electrons. The van der Waals surface area contributed by atoms with E-state index in [2.05, 4.69) is 33.0 Å². The SMILES string of the molecule is C[C@H]1CC[C@@H](NCC(C)(C)CCO)C[C@@H]1C. The van der Waals surface area contributed by atoms with Crippen LogP contribution in [0.4, 0.5) is 0 Å². The second-order valence-electron chi connectivity index (χ2n) is 6.48. The molecule has 0 radical (unpaired) electrons. The molecular weight excluding hydrogens is 198 g/mol. The van der Waals surface area contributed by atoms with Crippen molar-refractivity contribution in [3.8, 4) is 0 Å². The van der Waals surface area contributed by atoms with Crippen molar-refractivity contribution >= 4 is 0 Å². The van der Waals surface area contributed by atoms with E-state index in [1.807, 2.05) is 0 Å². The van der Waals surface area contributed by atoms with Gasteiger partial charge in [-0.05, 0) is 42.9 Å². The maximum atomic E-state index is 8.99. The molecule has 0 amide bonds. The average Bonchev–Trinajstić information content (AvgIpc) is 2.20. The fourth-order valence-corrected chi connectivity index (χ4v) is 2.54. The molecule has 2 nitrogen and oxygen atoms in total. The van der Waals surface area contributed by atoms with Gasteiger partial charge in [-0.3, -0.25) is 0 Å². The Hall–Kier alpha value is -0.0800. The maximum Gasteiger partial charge on any atom is 0.0436 e. The lowest BCUT2D eigenvalue weighted by molar-refractivity contribution is 0.180. The largest absolute Gasteiger partial charge is 0.396 e. The molecule has 1 aliphatic carbocycles. The summed E-state index contributed by atoms with van der Waals surface area (Å²) in [7, 11) is 0. The number of hydrogen-bond acceptors (Lipinski definition) is 2. The molecule has 0 bridgehead atoms. The Balaban J connectivity index is 2.28. The average molecular weight is 227 g/mol. The van der Waals surface area contributed by atoms with Crippen molar-refractivity contribution in [3.63, 3.8) is 0 Å². The van der Waals surface area contributed by atoms with Gasteiger partial charge < -0.3 is 10.4 Å². The van der Waals surface area contributed by atoms with Crippen molar-refractivity contribution in [2.45, 2.75) is 59.4 Å². The normalized spacial score (nSPS) is 31.7. The van der Waals surface area contributed by atoms with Gasteiger partial charge in [0.05, 0.1) is 0 Å². The molecule has 16 heavy (non-hydrogen) atoms. The Morgan fingerprint density at radius 1 is 1.19 bits per heavy atom. The van der Waals surface area contributed by atoms with Gasteiger partial charge in [-0.2, -0.15) is 0 Å². The van der Waals surface area contributed by atoms with Crippen molar-refractivity contribution < 1.29 is 5.11 Å². The minimum absolute atomic E-state index is 0.223. The Morgan fingerprint density at radius 3 is 2.44 bits per heavy atom. The van der Waals surface area contributed by atoms with Gasteiger partial charge in [0.1, 0.15) is 0 Å². The Labute approximate surface area is 101 Å². The summed E-state index contributed by atoms with van der Waals surface area (Å²) in [5.41, 5.74) is 0.223. The van der Waals surface area contributed by atoms with Gasteiger partial charge in [0, 0.05) is 19.2 Å². The van der Waals surface area contributed by atoms with Crippen LogP contribution in [0.5, 0.6) is 0 Å². The number of hydrogen-bond donors (Lipinski definition) is 2. The Bertz CT molecular complexity index is 203. The van der Waals surface area contributed by atoms with Crippen molar-refractivity contribution in [2.75, 3.05) is 13.2 Å². The number of nitrogens with one attached hydrogen (secondary N) is 1. The molecule has 2 heteroatoms. The van der Waals surface area contributed by atoms with Crippen LogP contribution in [0, 0.1) is 17.3 Å². The van der Waals surface area contributed by atoms with E-state index in [0.717, 1.165) is 24.8 Å². The van der Waals surface area contributed by atoms with Crippen LogP contribution in [-0.4, -0.2) is 24.3 Å². The monoisotopic (exact) mass is 227 g/mol. The second kappa shape index (κ2) is 6.02. The summed E-state index contributed by atoms with van der Waals surface area (Å²) in [5.74, 6) is 1.75. The first-order chi connectivity index (χ1) is 7.44. The van der Waals surface area contributed by atoms with E-state index in [1.54, 1.807) is 0 Å². The molecule has 0 unspecified atom stereocenters. The number of aliphatic hydroxyl groups is 1. The zero-order valence-corrected chi connectivity index (χ0v) is 11.4. The molecule has 0 aromatic rings. The molecule has 0 spiro atoms. The first-order valence-electron chi connectivity index (χ1n) is 6.79. The standard InChI is InChI=1S/C14H29NO/c1-11-5-6-13(9-12(11)2)15-10-14(3,4)7-8-16/h11-13,15-16H,5-10H2,1-4H3/t11-,12-,13+/m0/s1. The molecule has 0 saturated heterocycles. The summed E-state index contributed by atoms with van der Waals surface area (Å²) >= 11 is 0. The minimum Gasteiger partial charge on any atom is -0.396 e. The first-order valence-corrected chi connectivity index (χ1v) is 6.79. The van der Waals surface area contributed by atoms with Crippen LogP contribution in [0.15, 0.2) is 0 Å². The Kier molecular flexibility index (Phi) is 5.26. The molecule has 0 heterocycles. The first kappa shape index (κ1) is 14.0. The lowest BCUT2D eigenvalue weighted by Crippen LogP contribution is -2.41. The molecule has 1 fully saturated rings. The molecule has 1 aliphatic rings. The van der Waals surface area contributed by atoms with Crippen LogP contribution in [-0.2, 0) is 0 Å². The van der Waals surface area contributed by atoms with E-state index in [4.69, 9.17) is 5.11 Å². The van der Waals surface area contributed by atoms with Gasteiger partial charge in [-0.15, -0.1) is 0 Å². The molecule has 0 aromatic carbocycles. The molecule has 0 aliphatic heterocycles. The third kappa shape index (κ3) is 4.42. The molecule has 3 atom stereocenters. The van der Waals surface area contributed by atoms with Crippen LogP contribution in [0.2, 0.25) is 0 Å². The van der Waals surface area contributed by atoms with E-state index < -0.39 is 0 Å². The highest BCUT2D eigenvalue weighted by Gasteiger charge is 2.26. The summed E-state index contributed by atoms with van der Waals surface area (Å²) in [5, 5.41) is 12.7. The van der Waals surface area contributed by atoms with E-state index >= 15 is 0 Å². The third-order valence-electron chi connectivity index (χ3n) is 4.26. The van der Waals surface area contributed by atoms with Crippen LogP contribution in [0.1, 0.15) is 53.4 Å². The number of rotatable bonds is 5. The van der Waals surface area contributed by atoms with Crippen LogP contribution in [0.25, 0.3) is 0 Å². The summed E-state index contributed by atoms with van der Waals surface area (Å²) in [4.78, 5) is 0. The van der Waals surface area contributed by atoms with Crippen molar-refractivity contribution in [3.05, 3.63) is 0 Å². The van der Waals surface area contributed by atoms with Gasteiger partial charge in [-0.1, -0.05) is 27.7 Å². The predicted molar refractivity (Wildman–Crippen MR) is 69.5 cm³/mol. The van der Waals surface area contributed by atoms with Crippen molar-refractivity contribution in [2.24, 2.45) is 17.3 Å². The molecule has 0 aromatic heterocycles. The quantitative estimate of drug-likeness (QED) is 0.757. The smallest absolute Gasteiger partial charge is 0.0436 e. The molecule has 1 saturated carbocycles. The number of aliphatic hydroxyl groups excluding tert-OH is 1. The van der Waals surface area contributed by atoms with Crippen LogP contribution < -0.4 is 5.32 Å². The van der Waals surface area contributed by atoms with E-state index in [1.165, 1.54) is 19.3 Å². The maximum absolute atomic E-state index is 8.99. The lowest BCUT2D eigenvalue weighted by atomic mass is 9.78. The summed E-state index contributed by atoms with van der Waals surface area (Å²) in [6.07, 6.45) is 4.88. The third-order valence-corrected chi connectivity index (χ3v) is 4.26. The molecule has 1 rings (SSSR count). The molecular formula is C14H29NO. The highest BCUT2D eigenvalue weighted by atomic mass is 16.3. The van der Waals surface area contributed by atoms with Gasteiger partial charge in [0.2, 0.25) is 0 Å². The van der Waals surface area contributed by atoms with Gasteiger partial charge in [0.25, 0.3) is 0 Å². The fourth-order valence-electron chi connectivity index (χ4n) is 2.54.